The first kappa shape index (κ1) is 25.2. The van der Waals surface area contributed by atoms with Crippen LogP contribution in [0.1, 0.15) is 43.0 Å². The number of nitrogens with zero attached hydrogens (tertiary/aromatic N) is 2. The second-order valence-electron chi connectivity index (χ2n) is 8.41. The van der Waals surface area contributed by atoms with Crippen molar-refractivity contribution in [2.45, 2.75) is 49.3 Å². The summed E-state index contributed by atoms with van der Waals surface area (Å²) >= 11 is 0. The van der Waals surface area contributed by atoms with E-state index in [2.05, 4.69) is 5.32 Å². The quantitative estimate of drug-likeness (QED) is 0.681. The summed E-state index contributed by atoms with van der Waals surface area (Å²) in [6.07, 6.45) is -4.35. The summed E-state index contributed by atoms with van der Waals surface area (Å²) in [5.41, 5.74) is -1.29. The largest absolute Gasteiger partial charge is 0.399 e. The van der Waals surface area contributed by atoms with Crippen molar-refractivity contribution in [3.8, 4) is 6.07 Å². The lowest BCUT2D eigenvalue weighted by Crippen LogP contribution is -2.39. The third-order valence-corrected chi connectivity index (χ3v) is 7.10. The molecule has 0 radical (unpaired) electrons. The maximum atomic E-state index is 13.6. The van der Waals surface area contributed by atoms with Crippen molar-refractivity contribution in [3.05, 3.63) is 59.2 Å². The third-order valence-electron chi connectivity index (χ3n) is 5.99. The molecule has 34 heavy (non-hydrogen) atoms. The molecule has 2 atom stereocenters. The number of anilines is 1. The smallest absolute Gasteiger partial charge is 0.324 e. The molecule has 1 N–H and O–H groups in total. The topological polar surface area (TPSA) is 107 Å². The first-order valence-corrected chi connectivity index (χ1v) is 12.0. The molecule has 1 heterocycles. The summed E-state index contributed by atoms with van der Waals surface area (Å²) in [6.45, 7) is 2.27. The predicted octanol–water partition coefficient (Wildman–Crippen LogP) is 3.87. The zero-order valence-electron chi connectivity index (χ0n) is 18.6. The monoisotopic (exact) mass is 493 g/mol. The highest BCUT2D eigenvalue weighted by atomic mass is 32.2. The SMILES string of the molecule is CC(=O)N1Cc2cc(S(C)(=O)=O)ccc2C1C(=O)Nc1ccc(C(C)(CC#N)C(F)(F)F)cc1. The van der Waals surface area contributed by atoms with Crippen LogP contribution in [-0.4, -0.2) is 37.6 Å². The fourth-order valence-electron chi connectivity index (χ4n) is 3.89. The van der Waals surface area contributed by atoms with Crippen LogP contribution in [0.2, 0.25) is 0 Å². The maximum absolute atomic E-state index is 13.6. The number of rotatable bonds is 5. The minimum absolute atomic E-state index is 0.0448. The molecular weight excluding hydrogens is 471 g/mol. The number of fused-ring (bicyclic) bond motifs is 1. The Balaban J connectivity index is 1.89. The number of nitrogens with one attached hydrogen (secondary N) is 1. The van der Waals surface area contributed by atoms with Crippen LogP contribution in [0.5, 0.6) is 0 Å². The Labute approximate surface area is 195 Å². The second kappa shape index (κ2) is 8.76. The number of benzene rings is 2. The van der Waals surface area contributed by atoms with Gasteiger partial charge in [0.1, 0.15) is 11.5 Å². The molecule has 0 spiro atoms. The van der Waals surface area contributed by atoms with Gasteiger partial charge in [-0.3, -0.25) is 9.59 Å². The number of carbonyl (C=O) groups excluding carboxylic acids is 2. The molecule has 2 aromatic carbocycles. The van der Waals surface area contributed by atoms with Crippen LogP contribution < -0.4 is 5.32 Å². The van der Waals surface area contributed by atoms with E-state index in [0.717, 1.165) is 13.2 Å². The van der Waals surface area contributed by atoms with E-state index in [1.54, 1.807) is 6.07 Å². The van der Waals surface area contributed by atoms with E-state index >= 15 is 0 Å². The van der Waals surface area contributed by atoms with E-state index < -0.39 is 45.7 Å². The van der Waals surface area contributed by atoms with Gasteiger partial charge in [0.2, 0.25) is 5.91 Å². The first-order valence-electron chi connectivity index (χ1n) is 10.1. The molecule has 0 aromatic heterocycles. The molecule has 7 nitrogen and oxygen atoms in total. The van der Waals surface area contributed by atoms with Crippen LogP contribution in [0.15, 0.2) is 47.4 Å². The van der Waals surface area contributed by atoms with Gasteiger partial charge in [0.15, 0.2) is 9.84 Å². The Hall–Kier alpha value is -3.39. The number of hydrogen-bond donors (Lipinski definition) is 1. The van der Waals surface area contributed by atoms with Crippen LogP contribution in [-0.2, 0) is 31.4 Å². The van der Waals surface area contributed by atoms with Crippen LogP contribution in [0.25, 0.3) is 0 Å². The number of nitriles is 1. The number of carbonyl (C=O) groups is 2. The van der Waals surface area contributed by atoms with E-state index in [0.29, 0.717) is 11.1 Å². The van der Waals surface area contributed by atoms with E-state index in [4.69, 9.17) is 5.26 Å². The Kier molecular flexibility index (Phi) is 6.50. The summed E-state index contributed by atoms with van der Waals surface area (Å²) in [5.74, 6) is -0.991. The van der Waals surface area contributed by atoms with Crippen molar-refractivity contribution in [1.29, 1.82) is 5.26 Å². The van der Waals surface area contributed by atoms with Gasteiger partial charge >= 0.3 is 6.18 Å². The second-order valence-corrected chi connectivity index (χ2v) is 10.4. The van der Waals surface area contributed by atoms with Crippen molar-refractivity contribution in [2.75, 3.05) is 11.6 Å². The Morgan fingerprint density at radius 3 is 2.29 bits per heavy atom. The third kappa shape index (κ3) is 4.63. The molecule has 2 unspecified atom stereocenters. The summed E-state index contributed by atoms with van der Waals surface area (Å²) in [4.78, 5) is 26.6. The predicted molar refractivity (Wildman–Crippen MR) is 117 cm³/mol. The Morgan fingerprint density at radius 1 is 1.18 bits per heavy atom. The molecule has 1 aliphatic rings. The summed E-state index contributed by atoms with van der Waals surface area (Å²) in [7, 11) is -3.48. The van der Waals surface area contributed by atoms with Crippen molar-refractivity contribution < 1.29 is 31.2 Å². The fourth-order valence-corrected chi connectivity index (χ4v) is 4.56. The van der Waals surface area contributed by atoms with E-state index in [9.17, 15) is 31.2 Å². The molecule has 2 aromatic rings. The maximum Gasteiger partial charge on any atom is 0.399 e. The van der Waals surface area contributed by atoms with Crippen LogP contribution in [0, 0.1) is 11.3 Å². The standard InChI is InChI=1S/C23H22F3N3O4S/c1-14(30)29-13-15-12-18(34(3,32)33)8-9-19(15)20(29)21(31)28-17-6-4-16(5-7-17)22(2,10-11-27)23(24,25)26/h4-9,12,20H,10,13H2,1-3H3,(H,28,31). The molecule has 0 bridgehead atoms. The van der Waals surface area contributed by atoms with Crippen LogP contribution in [0.3, 0.4) is 0 Å². The zero-order valence-corrected chi connectivity index (χ0v) is 19.4. The molecular formula is C23H22F3N3O4S. The van der Waals surface area contributed by atoms with Crippen molar-refractivity contribution in [3.63, 3.8) is 0 Å². The summed E-state index contributed by atoms with van der Waals surface area (Å²) in [6, 6.07) is 9.81. The number of hydrogen-bond acceptors (Lipinski definition) is 5. The van der Waals surface area contributed by atoms with E-state index in [1.807, 2.05) is 0 Å². The number of alkyl halides is 3. The highest BCUT2D eigenvalue weighted by molar-refractivity contribution is 7.90. The average Bonchev–Trinajstić information content (AvgIpc) is 3.12. The number of halogens is 3. The van der Waals surface area contributed by atoms with Crippen LogP contribution in [0.4, 0.5) is 18.9 Å². The lowest BCUT2D eigenvalue weighted by molar-refractivity contribution is -0.184. The minimum atomic E-state index is -4.64. The Morgan fingerprint density at radius 2 is 1.79 bits per heavy atom. The zero-order chi connectivity index (χ0) is 25.5. The van der Waals surface area contributed by atoms with Gasteiger partial charge < -0.3 is 10.2 Å². The molecule has 0 saturated heterocycles. The van der Waals surface area contributed by atoms with Gasteiger partial charge in [-0.2, -0.15) is 18.4 Å². The van der Waals surface area contributed by atoms with Crippen molar-refractivity contribution in [1.82, 2.24) is 4.90 Å². The van der Waals surface area contributed by atoms with Gasteiger partial charge in [-0.1, -0.05) is 18.2 Å². The lowest BCUT2D eigenvalue weighted by atomic mass is 9.79. The van der Waals surface area contributed by atoms with Gasteiger partial charge in [0, 0.05) is 25.4 Å². The molecule has 11 heteroatoms. The first-order chi connectivity index (χ1) is 15.7. The highest BCUT2D eigenvalue weighted by Gasteiger charge is 2.52. The van der Waals surface area contributed by atoms with E-state index in [1.165, 1.54) is 54.3 Å². The molecule has 180 valence electrons. The van der Waals surface area contributed by atoms with Crippen molar-refractivity contribution >= 4 is 27.3 Å². The number of sulfone groups is 1. The molecule has 1 aliphatic heterocycles. The normalized spacial score (nSPS) is 17.4. The van der Waals surface area contributed by atoms with Gasteiger partial charge in [-0.25, -0.2) is 8.42 Å². The average molecular weight is 494 g/mol. The van der Waals surface area contributed by atoms with Gasteiger partial charge in [-0.15, -0.1) is 0 Å². The molecule has 3 rings (SSSR count). The molecule has 0 fully saturated rings. The Bertz CT molecular complexity index is 1280. The minimum Gasteiger partial charge on any atom is -0.324 e. The van der Waals surface area contributed by atoms with E-state index in [-0.39, 0.29) is 22.7 Å². The summed E-state index contributed by atoms with van der Waals surface area (Å²) in [5, 5.41) is 11.5. The van der Waals surface area contributed by atoms with Crippen molar-refractivity contribution in [2.24, 2.45) is 0 Å². The van der Waals surface area contributed by atoms with Gasteiger partial charge in [0.05, 0.1) is 17.4 Å². The molecule has 0 aliphatic carbocycles. The molecule has 2 amide bonds. The van der Waals surface area contributed by atoms with Gasteiger partial charge in [0.25, 0.3) is 5.91 Å². The lowest BCUT2D eigenvalue weighted by Gasteiger charge is -2.30. The molecule has 0 saturated carbocycles. The summed E-state index contributed by atoms with van der Waals surface area (Å²) < 4.78 is 64.4. The van der Waals surface area contributed by atoms with Gasteiger partial charge in [-0.05, 0) is 47.9 Å². The number of amides is 2. The van der Waals surface area contributed by atoms with Crippen LogP contribution >= 0.6 is 0 Å². The highest BCUT2D eigenvalue weighted by Crippen LogP contribution is 2.43. The fraction of sp³-hybridized carbons (Fsp3) is 0.348.